The van der Waals surface area contributed by atoms with Crippen molar-refractivity contribution in [3.63, 3.8) is 0 Å². The number of halogens is 1. The maximum Gasteiger partial charge on any atom is 0.230 e. The zero-order valence-corrected chi connectivity index (χ0v) is 12.1. The summed E-state index contributed by atoms with van der Waals surface area (Å²) in [5.74, 6) is 2.46. The van der Waals surface area contributed by atoms with Crippen molar-refractivity contribution in [2.24, 2.45) is 5.73 Å². The van der Waals surface area contributed by atoms with E-state index < -0.39 is 0 Å². The van der Waals surface area contributed by atoms with Gasteiger partial charge in [0.15, 0.2) is 0 Å². The lowest BCUT2D eigenvalue weighted by atomic mass is 10.1. The molecule has 1 fully saturated rings. The third-order valence-corrected chi connectivity index (χ3v) is 3.61. The van der Waals surface area contributed by atoms with Crippen molar-refractivity contribution in [3.8, 4) is 17.1 Å². The normalized spacial score (nSPS) is 21.5. The zero-order chi connectivity index (χ0) is 13.2. The predicted octanol–water partition coefficient (Wildman–Crippen LogP) is 2.76. The van der Waals surface area contributed by atoms with Crippen molar-refractivity contribution < 1.29 is 9.26 Å². The van der Waals surface area contributed by atoms with E-state index in [1.54, 1.807) is 7.11 Å². The van der Waals surface area contributed by atoms with E-state index in [0.29, 0.717) is 17.6 Å². The third kappa shape index (κ3) is 2.94. The van der Waals surface area contributed by atoms with Crippen molar-refractivity contribution >= 4 is 12.4 Å². The fourth-order valence-electron chi connectivity index (χ4n) is 2.50. The Morgan fingerprint density at radius 1 is 1.25 bits per heavy atom. The van der Waals surface area contributed by atoms with Gasteiger partial charge in [-0.2, -0.15) is 4.98 Å². The van der Waals surface area contributed by atoms with Gasteiger partial charge in [0.05, 0.1) is 7.11 Å². The molecule has 5 nitrogen and oxygen atoms in total. The fourth-order valence-corrected chi connectivity index (χ4v) is 2.50. The van der Waals surface area contributed by atoms with Crippen molar-refractivity contribution in [1.29, 1.82) is 0 Å². The van der Waals surface area contributed by atoms with Crippen LogP contribution < -0.4 is 10.5 Å². The largest absolute Gasteiger partial charge is 0.497 e. The van der Waals surface area contributed by atoms with Gasteiger partial charge in [-0.3, -0.25) is 0 Å². The van der Waals surface area contributed by atoms with Gasteiger partial charge in [-0.05, 0) is 43.5 Å². The number of hydrogen-bond acceptors (Lipinski definition) is 5. The van der Waals surface area contributed by atoms with Gasteiger partial charge in [0.1, 0.15) is 5.75 Å². The van der Waals surface area contributed by atoms with Crippen LogP contribution in [0, 0.1) is 0 Å². The second-order valence-corrected chi connectivity index (χ2v) is 4.95. The minimum atomic E-state index is 0. The molecule has 0 amide bonds. The Bertz CT molecular complexity index is 556. The average molecular weight is 296 g/mol. The number of rotatable bonds is 3. The van der Waals surface area contributed by atoms with Crippen LogP contribution >= 0.6 is 12.4 Å². The molecule has 1 heterocycles. The number of ether oxygens (including phenoxy) is 1. The molecule has 2 unspecified atom stereocenters. The maximum atomic E-state index is 5.91. The summed E-state index contributed by atoms with van der Waals surface area (Å²) in [6.07, 6.45) is 3.00. The first kappa shape index (κ1) is 14.8. The van der Waals surface area contributed by atoms with Gasteiger partial charge in [0.25, 0.3) is 0 Å². The fraction of sp³-hybridized carbons (Fsp3) is 0.429. The molecule has 1 aromatic heterocycles. The lowest BCUT2D eigenvalue weighted by molar-refractivity contribution is 0.353. The summed E-state index contributed by atoms with van der Waals surface area (Å²) in [5.41, 5.74) is 6.84. The Labute approximate surface area is 123 Å². The standard InChI is InChI=1S/C14H17N3O2.ClH/c1-18-12-6-3-9(4-7-12)13-16-14(19-17-13)10-2-5-11(15)8-10;/h3-4,6-7,10-11H,2,5,8,15H2,1H3;1H. The summed E-state index contributed by atoms with van der Waals surface area (Å²) >= 11 is 0. The summed E-state index contributed by atoms with van der Waals surface area (Å²) in [6, 6.07) is 7.89. The van der Waals surface area contributed by atoms with E-state index in [1.165, 1.54) is 0 Å². The quantitative estimate of drug-likeness (QED) is 0.942. The molecule has 1 saturated carbocycles. The Morgan fingerprint density at radius 3 is 2.60 bits per heavy atom. The van der Waals surface area contributed by atoms with Crippen LogP contribution in [0.1, 0.15) is 31.1 Å². The first-order chi connectivity index (χ1) is 9.26. The van der Waals surface area contributed by atoms with E-state index in [0.717, 1.165) is 30.6 Å². The van der Waals surface area contributed by atoms with Crippen LogP contribution in [0.3, 0.4) is 0 Å². The lowest BCUT2D eigenvalue weighted by Gasteiger charge is -2.01. The Morgan fingerprint density at radius 2 is 2.00 bits per heavy atom. The molecule has 2 N–H and O–H groups in total. The Hall–Kier alpha value is -1.59. The highest BCUT2D eigenvalue weighted by Crippen LogP contribution is 2.33. The molecule has 3 rings (SSSR count). The van der Waals surface area contributed by atoms with E-state index in [4.69, 9.17) is 15.0 Å². The second kappa shape index (κ2) is 6.24. The van der Waals surface area contributed by atoms with Crippen LogP contribution in [0.25, 0.3) is 11.4 Å². The molecule has 0 spiro atoms. The molecule has 0 aliphatic heterocycles. The molecule has 1 aliphatic rings. The molecule has 1 aliphatic carbocycles. The van der Waals surface area contributed by atoms with Crippen LogP contribution in [0.2, 0.25) is 0 Å². The summed E-state index contributed by atoms with van der Waals surface area (Å²) in [5, 5.41) is 4.04. The topological polar surface area (TPSA) is 74.2 Å². The number of hydrogen-bond donors (Lipinski definition) is 1. The van der Waals surface area contributed by atoms with Crippen molar-refractivity contribution in [3.05, 3.63) is 30.2 Å². The Kier molecular flexibility index (Phi) is 4.62. The number of methoxy groups -OCH3 is 1. The third-order valence-electron chi connectivity index (χ3n) is 3.61. The first-order valence-corrected chi connectivity index (χ1v) is 6.50. The molecule has 1 aromatic carbocycles. The summed E-state index contributed by atoms with van der Waals surface area (Å²) in [6.45, 7) is 0. The molecular formula is C14H18ClN3O2. The number of benzene rings is 1. The van der Waals surface area contributed by atoms with Gasteiger partial charge in [-0.1, -0.05) is 5.16 Å². The molecule has 0 radical (unpaired) electrons. The molecule has 0 saturated heterocycles. The monoisotopic (exact) mass is 295 g/mol. The summed E-state index contributed by atoms with van der Waals surface area (Å²) in [4.78, 5) is 4.48. The molecule has 108 valence electrons. The van der Waals surface area contributed by atoms with E-state index in [9.17, 15) is 0 Å². The average Bonchev–Trinajstić information content (AvgIpc) is 3.07. The van der Waals surface area contributed by atoms with Crippen LogP contribution in [0.4, 0.5) is 0 Å². The minimum absolute atomic E-state index is 0. The number of nitrogens with two attached hydrogens (primary N) is 1. The molecule has 2 aromatic rings. The molecular weight excluding hydrogens is 278 g/mol. The molecule has 6 heteroatoms. The van der Waals surface area contributed by atoms with Crippen molar-refractivity contribution in [1.82, 2.24) is 10.1 Å². The predicted molar refractivity (Wildman–Crippen MR) is 78.1 cm³/mol. The van der Waals surface area contributed by atoms with E-state index >= 15 is 0 Å². The zero-order valence-electron chi connectivity index (χ0n) is 11.3. The van der Waals surface area contributed by atoms with Crippen molar-refractivity contribution in [2.75, 3.05) is 7.11 Å². The van der Waals surface area contributed by atoms with Gasteiger partial charge in [0.2, 0.25) is 11.7 Å². The van der Waals surface area contributed by atoms with Gasteiger partial charge in [-0.15, -0.1) is 12.4 Å². The van der Waals surface area contributed by atoms with Gasteiger partial charge >= 0.3 is 0 Å². The summed E-state index contributed by atoms with van der Waals surface area (Å²) < 4.78 is 10.5. The van der Waals surface area contributed by atoms with Gasteiger partial charge in [-0.25, -0.2) is 0 Å². The highest BCUT2D eigenvalue weighted by molar-refractivity contribution is 5.85. The van der Waals surface area contributed by atoms with Crippen LogP contribution in [0.15, 0.2) is 28.8 Å². The molecule has 2 atom stereocenters. The van der Waals surface area contributed by atoms with Crippen molar-refractivity contribution in [2.45, 2.75) is 31.2 Å². The smallest absolute Gasteiger partial charge is 0.230 e. The van der Waals surface area contributed by atoms with E-state index in [1.807, 2.05) is 24.3 Å². The lowest BCUT2D eigenvalue weighted by Crippen LogP contribution is -2.14. The SMILES string of the molecule is COc1ccc(-c2noc(C3CCC(N)C3)n2)cc1.Cl. The highest BCUT2D eigenvalue weighted by atomic mass is 35.5. The number of aromatic nitrogens is 2. The van der Waals surface area contributed by atoms with Crippen LogP contribution in [-0.4, -0.2) is 23.3 Å². The molecule has 0 bridgehead atoms. The van der Waals surface area contributed by atoms with Crippen LogP contribution in [0.5, 0.6) is 5.75 Å². The minimum Gasteiger partial charge on any atom is -0.497 e. The molecule has 20 heavy (non-hydrogen) atoms. The highest BCUT2D eigenvalue weighted by Gasteiger charge is 2.27. The first-order valence-electron chi connectivity index (χ1n) is 6.50. The van der Waals surface area contributed by atoms with Gasteiger partial charge in [0, 0.05) is 17.5 Å². The van der Waals surface area contributed by atoms with E-state index in [-0.39, 0.29) is 18.4 Å². The van der Waals surface area contributed by atoms with Gasteiger partial charge < -0.3 is 15.0 Å². The second-order valence-electron chi connectivity index (χ2n) is 4.95. The maximum absolute atomic E-state index is 5.91. The number of nitrogens with zero attached hydrogens (tertiary/aromatic N) is 2. The van der Waals surface area contributed by atoms with Crippen LogP contribution in [-0.2, 0) is 0 Å². The van der Waals surface area contributed by atoms with E-state index in [2.05, 4.69) is 10.1 Å². The Balaban J connectivity index is 0.00000147. The summed E-state index contributed by atoms with van der Waals surface area (Å²) in [7, 11) is 1.64.